The van der Waals surface area contributed by atoms with Crippen LogP contribution in [0.25, 0.3) is 10.9 Å². The lowest BCUT2D eigenvalue weighted by atomic mass is 10.2. The molecule has 1 aromatic heterocycles. The lowest BCUT2D eigenvalue weighted by Gasteiger charge is -2.09. The van der Waals surface area contributed by atoms with Crippen molar-refractivity contribution in [2.75, 3.05) is 10.0 Å². The molecule has 4 N–H and O–H groups in total. The number of nitrogens with two attached hydrogens (primary N) is 1. The van der Waals surface area contributed by atoms with Crippen molar-refractivity contribution in [3.63, 3.8) is 0 Å². The van der Waals surface area contributed by atoms with E-state index in [9.17, 15) is 13.2 Å². The van der Waals surface area contributed by atoms with Crippen LogP contribution in [0.4, 0.5) is 16.2 Å². The molecule has 0 saturated carbocycles. The minimum Gasteiger partial charge on any atom is -0.351 e. The summed E-state index contributed by atoms with van der Waals surface area (Å²) in [5.41, 5.74) is 6.64. The summed E-state index contributed by atoms with van der Waals surface area (Å²) >= 11 is 0. The highest BCUT2D eigenvalue weighted by molar-refractivity contribution is 7.92. The van der Waals surface area contributed by atoms with Gasteiger partial charge in [0.15, 0.2) is 0 Å². The fraction of sp³-hybridized carbons (Fsp3) is 0. The van der Waals surface area contributed by atoms with Crippen LogP contribution in [0.1, 0.15) is 0 Å². The van der Waals surface area contributed by atoms with Gasteiger partial charge in [-0.3, -0.25) is 9.71 Å². The van der Waals surface area contributed by atoms with Gasteiger partial charge in [0.05, 0.1) is 10.4 Å². The second-order valence-corrected chi connectivity index (χ2v) is 6.71. The molecule has 8 heteroatoms. The van der Waals surface area contributed by atoms with Crippen LogP contribution in [0.15, 0.2) is 65.7 Å². The Morgan fingerprint density at radius 3 is 2.42 bits per heavy atom. The number of pyridine rings is 1. The van der Waals surface area contributed by atoms with Gasteiger partial charge in [-0.2, -0.15) is 0 Å². The third-order valence-corrected chi connectivity index (χ3v) is 4.68. The number of amides is 2. The number of carbonyl (C=O) groups is 1. The number of urea groups is 1. The number of hydrogen-bond acceptors (Lipinski definition) is 4. The second-order valence-electron chi connectivity index (χ2n) is 5.03. The predicted octanol–water partition coefficient (Wildman–Crippen LogP) is 2.53. The fourth-order valence-electron chi connectivity index (χ4n) is 2.21. The number of fused-ring (bicyclic) bond motifs is 1. The smallest absolute Gasteiger partial charge is 0.316 e. The van der Waals surface area contributed by atoms with Gasteiger partial charge in [-0.05, 0) is 48.5 Å². The van der Waals surface area contributed by atoms with Gasteiger partial charge >= 0.3 is 6.03 Å². The first kappa shape index (κ1) is 15.8. The van der Waals surface area contributed by atoms with Gasteiger partial charge in [0.1, 0.15) is 0 Å². The average molecular weight is 342 g/mol. The number of anilines is 2. The van der Waals surface area contributed by atoms with Crippen LogP contribution in [0.3, 0.4) is 0 Å². The molecule has 0 bridgehead atoms. The number of nitrogens with one attached hydrogen (secondary N) is 2. The maximum absolute atomic E-state index is 12.4. The van der Waals surface area contributed by atoms with Gasteiger partial charge in [-0.25, -0.2) is 13.2 Å². The highest BCUT2D eigenvalue weighted by Gasteiger charge is 2.14. The molecule has 0 radical (unpaired) electrons. The second kappa shape index (κ2) is 6.17. The molecule has 2 aromatic carbocycles. The van der Waals surface area contributed by atoms with E-state index in [4.69, 9.17) is 5.73 Å². The lowest BCUT2D eigenvalue weighted by molar-refractivity contribution is 0.259. The number of sulfonamides is 1. The summed E-state index contributed by atoms with van der Waals surface area (Å²) < 4.78 is 27.4. The third-order valence-electron chi connectivity index (χ3n) is 3.29. The van der Waals surface area contributed by atoms with Gasteiger partial charge < -0.3 is 11.1 Å². The molecule has 3 rings (SSSR count). The number of nitrogens with zero attached hydrogens (tertiary/aromatic N) is 1. The van der Waals surface area contributed by atoms with Crippen LogP contribution >= 0.6 is 0 Å². The zero-order chi connectivity index (χ0) is 17.2. The molecule has 0 aliphatic carbocycles. The van der Waals surface area contributed by atoms with Gasteiger partial charge in [-0.15, -0.1) is 0 Å². The van der Waals surface area contributed by atoms with Gasteiger partial charge in [0.25, 0.3) is 10.0 Å². The number of aromatic nitrogens is 1. The first-order valence-electron chi connectivity index (χ1n) is 6.98. The molecule has 24 heavy (non-hydrogen) atoms. The van der Waals surface area contributed by atoms with E-state index in [1.165, 1.54) is 24.3 Å². The van der Waals surface area contributed by atoms with Crippen molar-refractivity contribution in [2.45, 2.75) is 4.90 Å². The van der Waals surface area contributed by atoms with Crippen molar-refractivity contribution in [1.82, 2.24) is 4.98 Å². The standard InChI is InChI=1S/C16H14N4O3S/c17-16(21)19-12-3-6-14(7-4-12)24(22,23)20-13-5-8-15-11(10-13)2-1-9-18-15/h1-10,20H,(H3,17,19,21). The Morgan fingerprint density at radius 2 is 1.71 bits per heavy atom. The molecule has 2 amide bonds. The number of rotatable bonds is 4. The predicted molar refractivity (Wildman–Crippen MR) is 92.2 cm³/mol. The van der Waals surface area contributed by atoms with Crippen LogP contribution < -0.4 is 15.8 Å². The molecule has 3 aromatic rings. The van der Waals surface area contributed by atoms with E-state index in [0.717, 1.165) is 10.9 Å². The van der Waals surface area contributed by atoms with Crippen LogP contribution in [0.5, 0.6) is 0 Å². The maximum Gasteiger partial charge on any atom is 0.316 e. The molecular formula is C16H14N4O3S. The van der Waals surface area contributed by atoms with Crippen LogP contribution in [-0.2, 0) is 10.0 Å². The Bertz CT molecular complexity index is 1000. The SMILES string of the molecule is NC(=O)Nc1ccc(S(=O)(=O)Nc2ccc3ncccc3c2)cc1. The summed E-state index contributed by atoms with van der Waals surface area (Å²) in [5, 5.41) is 3.20. The minimum atomic E-state index is -3.74. The Hall–Kier alpha value is -3.13. The van der Waals surface area contributed by atoms with Crippen molar-refractivity contribution in [3.8, 4) is 0 Å². The Balaban J connectivity index is 1.85. The molecule has 0 aliphatic rings. The molecule has 0 saturated heterocycles. The molecule has 1 heterocycles. The zero-order valence-corrected chi connectivity index (χ0v) is 13.2. The quantitative estimate of drug-likeness (QED) is 0.676. The molecule has 7 nitrogen and oxygen atoms in total. The fourth-order valence-corrected chi connectivity index (χ4v) is 3.26. The molecular weight excluding hydrogens is 328 g/mol. The van der Waals surface area contributed by atoms with E-state index in [-0.39, 0.29) is 4.90 Å². The average Bonchev–Trinajstić information content (AvgIpc) is 2.54. The van der Waals surface area contributed by atoms with E-state index < -0.39 is 16.1 Å². The summed E-state index contributed by atoms with van der Waals surface area (Å²) in [6, 6.07) is 13.7. The largest absolute Gasteiger partial charge is 0.351 e. The van der Waals surface area contributed by atoms with Gasteiger partial charge in [0.2, 0.25) is 0 Å². The van der Waals surface area contributed by atoms with Crippen molar-refractivity contribution in [3.05, 3.63) is 60.8 Å². The third kappa shape index (κ3) is 3.44. The minimum absolute atomic E-state index is 0.0730. The highest BCUT2D eigenvalue weighted by atomic mass is 32.2. The molecule has 0 spiro atoms. The van der Waals surface area contributed by atoms with Gasteiger partial charge in [-0.1, -0.05) is 6.07 Å². The zero-order valence-electron chi connectivity index (χ0n) is 12.4. The van der Waals surface area contributed by atoms with Crippen LogP contribution in [-0.4, -0.2) is 19.4 Å². The number of benzene rings is 2. The van der Waals surface area contributed by atoms with Crippen molar-refractivity contribution in [1.29, 1.82) is 0 Å². The summed E-state index contributed by atoms with van der Waals surface area (Å²) in [7, 11) is -3.74. The molecule has 0 atom stereocenters. The molecule has 0 aliphatic heterocycles. The molecule has 0 fully saturated rings. The Morgan fingerprint density at radius 1 is 1.00 bits per heavy atom. The van der Waals surface area contributed by atoms with Crippen molar-refractivity contribution >= 4 is 38.3 Å². The van der Waals surface area contributed by atoms with Crippen LogP contribution in [0, 0.1) is 0 Å². The normalized spacial score (nSPS) is 11.2. The highest BCUT2D eigenvalue weighted by Crippen LogP contribution is 2.21. The summed E-state index contributed by atoms with van der Waals surface area (Å²) in [6.07, 6.45) is 1.67. The van der Waals surface area contributed by atoms with Gasteiger partial charge in [0, 0.05) is 23.0 Å². The van der Waals surface area contributed by atoms with E-state index in [1.54, 1.807) is 30.5 Å². The Labute approximate surface area is 138 Å². The molecule has 122 valence electrons. The summed E-state index contributed by atoms with van der Waals surface area (Å²) in [4.78, 5) is 15.0. The Kier molecular flexibility index (Phi) is 4.05. The maximum atomic E-state index is 12.4. The molecule has 0 unspecified atom stereocenters. The van der Waals surface area contributed by atoms with Crippen molar-refractivity contribution < 1.29 is 13.2 Å². The lowest BCUT2D eigenvalue weighted by Crippen LogP contribution is -2.19. The number of primary amides is 1. The first-order valence-corrected chi connectivity index (χ1v) is 8.46. The van der Waals surface area contributed by atoms with E-state index in [1.807, 2.05) is 6.07 Å². The number of hydrogen-bond donors (Lipinski definition) is 3. The van der Waals surface area contributed by atoms with E-state index in [0.29, 0.717) is 11.4 Å². The topological polar surface area (TPSA) is 114 Å². The van der Waals surface area contributed by atoms with Crippen LogP contribution in [0.2, 0.25) is 0 Å². The monoisotopic (exact) mass is 342 g/mol. The van der Waals surface area contributed by atoms with E-state index >= 15 is 0 Å². The van der Waals surface area contributed by atoms with Crippen molar-refractivity contribution in [2.24, 2.45) is 5.73 Å². The summed E-state index contributed by atoms with van der Waals surface area (Å²) in [6.45, 7) is 0. The number of carbonyl (C=O) groups excluding carboxylic acids is 1. The first-order chi connectivity index (χ1) is 11.4. The van der Waals surface area contributed by atoms with E-state index in [2.05, 4.69) is 15.0 Å². The summed E-state index contributed by atoms with van der Waals surface area (Å²) in [5.74, 6) is 0.